The van der Waals surface area contributed by atoms with Gasteiger partial charge < -0.3 is 10.5 Å². The van der Waals surface area contributed by atoms with Crippen LogP contribution in [0.2, 0.25) is 5.02 Å². The standard InChI is InChI=1S/C16H17BrClNO/c1-2-11(19)10-12-14(18)7-5-9-15(12)20-16-8-4-3-6-13(16)17/h3-9,11H,2,10,19H2,1H3. The third-order valence-electron chi connectivity index (χ3n) is 3.12. The second-order valence-corrected chi connectivity index (χ2v) is 5.88. The Morgan fingerprint density at radius 3 is 2.55 bits per heavy atom. The predicted molar refractivity (Wildman–Crippen MR) is 87.6 cm³/mol. The molecule has 0 amide bonds. The zero-order valence-electron chi connectivity index (χ0n) is 11.3. The van der Waals surface area contributed by atoms with Gasteiger partial charge in [-0.15, -0.1) is 0 Å². The van der Waals surface area contributed by atoms with E-state index in [-0.39, 0.29) is 6.04 Å². The summed E-state index contributed by atoms with van der Waals surface area (Å²) in [5.74, 6) is 1.52. The van der Waals surface area contributed by atoms with E-state index in [1.165, 1.54) is 0 Å². The lowest BCUT2D eigenvalue weighted by Gasteiger charge is -2.16. The highest BCUT2D eigenvalue weighted by atomic mass is 79.9. The fourth-order valence-corrected chi connectivity index (χ4v) is 2.49. The van der Waals surface area contributed by atoms with Crippen LogP contribution >= 0.6 is 27.5 Å². The second-order valence-electron chi connectivity index (χ2n) is 4.62. The first kappa shape index (κ1) is 15.4. The average Bonchev–Trinajstić information content (AvgIpc) is 2.44. The normalized spacial score (nSPS) is 12.2. The topological polar surface area (TPSA) is 35.2 Å². The molecule has 2 aromatic rings. The highest BCUT2D eigenvalue weighted by molar-refractivity contribution is 9.10. The Balaban J connectivity index is 2.32. The zero-order valence-corrected chi connectivity index (χ0v) is 13.6. The molecule has 2 rings (SSSR count). The lowest BCUT2D eigenvalue weighted by atomic mass is 10.0. The van der Waals surface area contributed by atoms with E-state index in [0.717, 1.165) is 28.0 Å². The summed E-state index contributed by atoms with van der Waals surface area (Å²) in [6.45, 7) is 2.07. The van der Waals surface area contributed by atoms with E-state index < -0.39 is 0 Å². The molecular formula is C16H17BrClNO. The molecule has 4 heteroatoms. The SMILES string of the molecule is CCC(N)Cc1c(Cl)cccc1Oc1ccccc1Br. The number of para-hydroxylation sites is 1. The number of rotatable bonds is 5. The molecule has 0 aliphatic carbocycles. The lowest BCUT2D eigenvalue weighted by Crippen LogP contribution is -2.21. The Kier molecular flexibility index (Phi) is 5.46. The number of nitrogens with two attached hydrogens (primary N) is 1. The van der Waals surface area contributed by atoms with E-state index in [1.807, 2.05) is 42.5 Å². The summed E-state index contributed by atoms with van der Waals surface area (Å²) in [5, 5.41) is 0.693. The number of benzene rings is 2. The smallest absolute Gasteiger partial charge is 0.141 e. The largest absolute Gasteiger partial charge is 0.456 e. The minimum Gasteiger partial charge on any atom is -0.456 e. The Labute approximate surface area is 133 Å². The molecule has 0 saturated carbocycles. The summed E-state index contributed by atoms with van der Waals surface area (Å²) < 4.78 is 6.89. The van der Waals surface area contributed by atoms with Gasteiger partial charge in [-0.2, -0.15) is 0 Å². The highest BCUT2D eigenvalue weighted by Gasteiger charge is 2.13. The third kappa shape index (κ3) is 3.75. The number of ether oxygens (including phenoxy) is 1. The van der Waals surface area contributed by atoms with E-state index in [9.17, 15) is 0 Å². The van der Waals surface area contributed by atoms with E-state index in [4.69, 9.17) is 22.1 Å². The van der Waals surface area contributed by atoms with Gasteiger partial charge in [0.15, 0.2) is 0 Å². The van der Waals surface area contributed by atoms with Crippen molar-refractivity contribution in [1.29, 1.82) is 0 Å². The van der Waals surface area contributed by atoms with Crippen molar-refractivity contribution >= 4 is 27.5 Å². The van der Waals surface area contributed by atoms with Gasteiger partial charge in [0.25, 0.3) is 0 Å². The quantitative estimate of drug-likeness (QED) is 0.803. The number of hydrogen-bond donors (Lipinski definition) is 1. The molecule has 2 N–H and O–H groups in total. The molecule has 20 heavy (non-hydrogen) atoms. The Hall–Kier alpha value is -1.03. The monoisotopic (exact) mass is 353 g/mol. The summed E-state index contributed by atoms with van der Waals surface area (Å²) in [6.07, 6.45) is 1.61. The Morgan fingerprint density at radius 1 is 1.15 bits per heavy atom. The van der Waals surface area contributed by atoms with E-state index in [2.05, 4.69) is 22.9 Å². The fraction of sp³-hybridized carbons (Fsp3) is 0.250. The molecule has 0 bridgehead atoms. The summed E-state index contributed by atoms with van der Waals surface area (Å²) in [4.78, 5) is 0. The van der Waals surface area contributed by atoms with Crippen LogP contribution in [0.25, 0.3) is 0 Å². The van der Waals surface area contributed by atoms with Crippen molar-refractivity contribution in [2.24, 2.45) is 5.73 Å². The molecule has 0 fully saturated rings. The summed E-state index contributed by atoms with van der Waals surface area (Å²) in [6, 6.07) is 13.5. The van der Waals surface area contributed by atoms with Gasteiger partial charge in [-0.25, -0.2) is 0 Å². The van der Waals surface area contributed by atoms with Crippen LogP contribution in [0.4, 0.5) is 0 Å². The molecule has 1 atom stereocenters. The van der Waals surface area contributed by atoms with E-state index in [1.54, 1.807) is 0 Å². The van der Waals surface area contributed by atoms with Crippen LogP contribution in [0, 0.1) is 0 Å². The molecule has 0 aliphatic rings. The second kappa shape index (κ2) is 7.11. The van der Waals surface area contributed by atoms with Gasteiger partial charge in [0.2, 0.25) is 0 Å². The molecule has 0 heterocycles. The molecule has 106 valence electrons. The maximum atomic E-state index is 6.29. The number of halogens is 2. The van der Waals surface area contributed by atoms with Crippen molar-refractivity contribution in [1.82, 2.24) is 0 Å². The van der Waals surface area contributed by atoms with Crippen LogP contribution in [0.1, 0.15) is 18.9 Å². The van der Waals surface area contributed by atoms with Crippen molar-refractivity contribution in [3.8, 4) is 11.5 Å². The maximum Gasteiger partial charge on any atom is 0.141 e. The molecule has 2 aromatic carbocycles. The molecule has 0 radical (unpaired) electrons. The average molecular weight is 355 g/mol. The van der Waals surface area contributed by atoms with Gasteiger partial charge in [0.05, 0.1) is 4.47 Å². The van der Waals surface area contributed by atoms with Gasteiger partial charge in [-0.3, -0.25) is 0 Å². The molecule has 2 nitrogen and oxygen atoms in total. The van der Waals surface area contributed by atoms with Crippen molar-refractivity contribution < 1.29 is 4.74 Å². The van der Waals surface area contributed by atoms with Crippen molar-refractivity contribution in [3.63, 3.8) is 0 Å². The minimum atomic E-state index is 0.0801. The molecule has 0 aliphatic heterocycles. The predicted octanol–water partition coefficient (Wildman–Crippen LogP) is 5.17. The molecule has 0 aromatic heterocycles. The zero-order chi connectivity index (χ0) is 14.5. The maximum absolute atomic E-state index is 6.29. The Bertz CT molecular complexity index is 588. The van der Waals surface area contributed by atoms with Crippen molar-refractivity contribution in [3.05, 3.63) is 57.5 Å². The molecule has 1 unspecified atom stereocenters. The molecular weight excluding hydrogens is 338 g/mol. The highest BCUT2D eigenvalue weighted by Crippen LogP contribution is 2.34. The number of hydrogen-bond acceptors (Lipinski definition) is 2. The van der Waals surface area contributed by atoms with Gasteiger partial charge >= 0.3 is 0 Å². The van der Waals surface area contributed by atoms with Crippen molar-refractivity contribution in [2.45, 2.75) is 25.8 Å². The fourth-order valence-electron chi connectivity index (χ4n) is 1.89. The first-order chi connectivity index (χ1) is 9.61. The van der Waals surface area contributed by atoms with E-state index in [0.29, 0.717) is 11.4 Å². The van der Waals surface area contributed by atoms with Crippen LogP contribution < -0.4 is 10.5 Å². The summed E-state index contributed by atoms with van der Waals surface area (Å²) in [5.41, 5.74) is 7.00. The van der Waals surface area contributed by atoms with Crippen LogP contribution in [-0.2, 0) is 6.42 Å². The lowest BCUT2D eigenvalue weighted by molar-refractivity contribution is 0.469. The summed E-state index contributed by atoms with van der Waals surface area (Å²) >= 11 is 9.77. The van der Waals surface area contributed by atoms with Gasteiger partial charge in [0, 0.05) is 16.6 Å². The minimum absolute atomic E-state index is 0.0801. The van der Waals surface area contributed by atoms with Crippen LogP contribution in [0.15, 0.2) is 46.9 Å². The third-order valence-corrected chi connectivity index (χ3v) is 4.13. The van der Waals surface area contributed by atoms with Crippen LogP contribution in [-0.4, -0.2) is 6.04 Å². The Morgan fingerprint density at radius 2 is 1.85 bits per heavy atom. The first-order valence-electron chi connectivity index (χ1n) is 6.57. The molecule has 0 saturated heterocycles. The van der Waals surface area contributed by atoms with Crippen LogP contribution in [0.5, 0.6) is 11.5 Å². The molecule has 0 spiro atoms. The van der Waals surface area contributed by atoms with Gasteiger partial charge in [-0.1, -0.05) is 36.7 Å². The van der Waals surface area contributed by atoms with E-state index >= 15 is 0 Å². The summed E-state index contributed by atoms with van der Waals surface area (Å²) in [7, 11) is 0. The van der Waals surface area contributed by atoms with Crippen LogP contribution in [0.3, 0.4) is 0 Å². The first-order valence-corrected chi connectivity index (χ1v) is 7.74. The van der Waals surface area contributed by atoms with Gasteiger partial charge in [0.1, 0.15) is 11.5 Å². The van der Waals surface area contributed by atoms with Gasteiger partial charge in [-0.05, 0) is 53.0 Å². The van der Waals surface area contributed by atoms with Crippen molar-refractivity contribution in [2.75, 3.05) is 0 Å².